The lowest BCUT2D eigenvalue weighted by molar-refractivity contribution is 0.217. The lowest BCUT2D eigenvalue weighted by Crippen LogP contribution is -2.30. The summed E-state index contributed by atoms with van der Waals surface area (Å²) in [7, 11) is 0. The Labute approximate surface area is 107 Å². The van der Waals surface area contributed by atoms with Crippen LogP contribution in [0.2, 0.25) is 0 Å². The van der Waals surface area contributed by atoms with Crippen LogP contribution in [0.25, 0.3) is 0 Å². The summed E-state index contributed by atoms with van der Waals surface area (Å²) in [6, 6.07) is 4.20. The molecular formula is C10H14BrN3OS. The first-order valence-corrected chi connectivity index (χ1v) is 6.82. The van der Waals surface area contributed by atoms with Gasteiger partial charge in [-0.25, -0.2) is 4.79 Å². The van der Waals surface area contributed by atoms with Crippen LogP contribution in [0.15, 0.2) is 15.9 Å². The minimum Gasteiger partial charge on any atom is -0.330 e. The zero-order valence-corrected chi connectivity index (χ0v) is 11.2. The number of rotatable bonds is 4. The first kappa shape index (κ1) is 11.9. The Morgan fingerprint density at radius 1 is 1.62 bits per heavy atom. The zero-order chi connectivity index (χ0) is 11.5. The minimum atomic E-state index is 0.0166. The molecule has 1 fully saturated rings. The molecule has 0 spiro atoms. The van der Waals surface area contributed by atoms with Gasteiger partial charge in [0.1, 0.15) is 0 Å². The van der Waals surface area contributed by atoms with E-state index in [-0.39, 0.29) is 12.1 Å². The van der Waals surface area contributed by atoms with E-state index in [1.165, 1.54) is 4.88 Å². The third-order valence-electron chi connectivity index (χ3n) is 2.56. The first-order chi connectivity index (χ1) is 7.70. The molecule has 2 heterocycles. The summed E-state index contributed by atoms with van der Waals surface area (Å²) in [5.41, 5.74) is 5.44. The van der Waals surface area contributed by atoms with E-state index in [1.54, 1.807) is 11.3 Å². The van der Waals surface area contributed by atoms with E-state index in [0.29, 0.717) is 6.54 Å². The molecule has 4 nitrogen and oxygen atoms in total. The monoisotopic (exact) mass is 303 g/mol. The predicted molar refractivity (Wildman–Crippen MR) is 68.5 cm³/mol. The highest BCUT2D eigenvalue weighted by Crippen LogP contribution is 2.29. The van der Waals surface area contributed by atoms with E-state index in [9.17, 15) is 4.79 Å². The van der Waals surface area contributed by atoms with Crippen LogP contribution < -0.4 is 11.1 Å². The zero-order valence-electron chi connectivity index (χ0n) is 8.78. The van der Waals surface area contributed by atoms with E-state index < -0.39 is 0 Å². The second kappa shape index (κ2) is 5.16. The van der Waals surface area contributed by atoms with Crippen molar-refractivity contribution in [3.05, 3.63) is 20.8 Å². The quantitative estimate of drug-likeness (QED) is 0.893. The summed E-state index contributed by atoms with van der Waals surface area (Å²) in [5.74, 6) is 0. The van der Waals surface area contributed by atoms with Gasteiger partial charge in [-0.3, -0.25) is 0 Å². The Bertz CT molecular complexity index is 382. The fourth-order valence-corrected chi connectivity index (χ4v) is 3.21. The van der Waals surface area contributed by atoms with Gasteiger partial charge in [0.2, 0.25) is 0 Å². The number of carbonyl (C=O) groups is 1. The highest BCUT2D eigenvalue weighted by Gasteiger charge is 2.29. The molecule has 0 radical (unpaired) electrons. The van der Waals surface area contributed by atoms with Crippen LogP contribution in [0.3, 0.4) is 0 Å². The summed E-state index contributed by atoms with van der Waals surface area (Å²) < 4.78 is 1.09. The molecule has 0 aliphatic carbocycles. The molecule has 0 saturated carbocycles. The van der Waals surface area contributed by atoms with Gasteiger partial charge >= 0.3 is 6.03 Å². The van der Waals surface area contributed by atoms with Crippen molar-refractivity contribution < 1.29 is 4.79 Å². The number of nitrogens with zero attached hydrogens (tertiary/aromatic N) is 1. The van der Waals surface area contributed by atoms with Crippen LogP contribution in [-0.4, -0.2) is 30.6 Å². The van der Waals surface area contributed by atoms with Crippen LogP contribution >= 0.6 is 27.3 Å². The van der Waals surface area contributed by atoms with E-state index in [4.69, 9.17) is 5.73 Å². The summed E-state index contributed by atoms with van der Waals surface area (Å²) >= 11 is 5.09. The van der Waals surface area contributed by atoms with Crippen LogP contribution in [0.5, 0.6) is 0 Å². The third kappa shape index (κ3) is 2.56. The highest BCUT2D eigenvalue weighted by atomic mass is 79.9. The fraction of sp³-hybridized carbons (Fsp3) is 0.500. The molecule has 88 valence electrons. The molecule has 1 aliphatic rings. The number of halogens is 1. The predicted octanol–water partition coefficient (Wildman–Crippen LogP) is 1.93. The summed E-state index contributed by atoms with van der Waals surface area (Å²) in [6.07, 6.45) is 0.855. The average molecular weight is 304 g/mol. The molecule has 1 aliphatic heterocycles. The topological polar surface area (TPSA) is 58.4 Å². The van der Waals surface area contributed by atoms with Gasteiger partial charge in [0.05, 0.1) is 9.83 Å². The molecule has 2 amide bonds. The summed E-state index contributed by atoms with van der Waals surface area (Å²) in [6.45, 7) is 2.11. The second-order valence-electron chi connectivity index (χ2n) is 3.73. The Morgan fingerprint density at radius 3 is 3.06 bits per heavy atom. The maximum Gasteiger partial charge on any atom is 0.318 e. The average Bonchev–Trinajstić information content (AvgIpc) is 2.82. The van der Waals surface area contributed by atoms with E-state index in [2.05, 4.69) is 21.2 Å². The van der Waals surface area contributed by atoms with Gasteiger partial charge in [-0.2, -0.15) is 0 Å². The molecule has 1 atom stereocenters. The number of urea groups is 1. The Balaban J connectivity index is 1.98. The van der Waals surface area contributed by atoms with Gasteiger partial charge in [0, 0.05) is 18.0 Å². The SMILES string of the molecule is NCCCN1CC(c2ccc(Br)s2)NC1=O. The second-order valence-corrected chi connectivity index (χ2v) is 6.23. The standard InChI is InChI=1S/C10H14BrN3OS/c11-9-3-2-8(16-9)7-6-14(5-1-4-12)10(15)13-7/h2-3,7H,1,4-6,12H2,(H,13,15). The van der Waals surface area contributed by atoms with Crippen molar-refractivity contribution in [2.24, 2.45) is 5.73 Å². The van der Waals surface area contributed by atoms with Crippen LogP contribution in [0, 0.1) is 0 Å². The molecule has 1 aromatic heterocycles. The van der Waals surface area contributed by atoms with Crippen molar-refractivity contribution >= 4 is 33.3 Å². The Morgan fingerprint density at radius 2 is 2.44 bits per heavy atom. The molecule has 1 saturated heterocycles. The Kier molecular flexibility index (Phi) is 3.83. The normalized spacial score (nSPS) is 20.2. The fourth-order valence-electron chi connectivity index (χ4n) is 1.74. The van der Waals surface area contributed by atoms with Crippen molar-refractivity contribution in [3.8, 4) is 0 Å². The molecule has 0 bridgehead atoms. The molecule has 1 unspecified atom stereocenters. The van der Waals surface area contributed by atoms with Crippen molar-refractivity contribution in [3.63, 3.8) is 0 Å². The number of hydrogen-bond donors (Lipinski definition) is 2. The van der Waals surface area contributed by atoms with Gasteiger partial charge in [-0.1, -0.05) is 0 Å². The molecule has 16 heavy (non-hydrogen) atoms. The van der Waals surface area contributed by atoms with Crippen molar-refractivity contribution in [1.82, 2.24) is 10.2 Å². The van der Waals surface area contributed by atoms with E-state index >= 15 is 0 Å². The van der Waals surface area contributed by atoms with Crippen LogP contribution in [0.4, 0.5) is 4.79 Å². The van der Waals surface area contributed by atoms with Crippen molar-refractivity contribution in [2.45, 2.75) is 12.5 Å². The molecule has 3 N–H and O–H groups in total. The van der Waals surface area contributed by atoms with Crippen molar-refractivity contribution in [2.75, 3.05) is 19.6 Å². The van der Waals surface area contributed by atoms with Crippen LogP contribution in [0.1, 0.15) is 17.3 Å². The van der Waals surface area contributed by atoms with E-state index in [0.717, 1.165) is 23.3 Å². The lowest BCUT2D eigenvalue weighted by atomic mass is 10.2. The molecule has 0 aromatic carbocycles. The Hall–Kier alpha value is -0.590. The molecular weight excluding hydrogens is 290 g/mol. The van der Waals surface area contributed by atoms with Crippen LogP contribution in [-0.2, 0) is 0 Å². The van der Waals surface area contributed by atoms with Gasteiger partial charge in [-0.05, 0) is 41.0 Å². The first-order valence-electron chi connectivity index (χ1n) is 5.21. The van der Waals surface area contributed by atoms with Gasteiger partial charge in [-0.15, -0.1) is 11.3 Å². The van der Waals surface area contributed by atoms with Gasteiger partial charge in [0.15, 0.2) is 0 Å². The molecule has 6 heteroatoms. The summed E-state index contributed by atoms with van der Waals surface area (Å²) in [5, 5.41) is 2.98. The largest absolute Gasteiger partial charge is 0.330 e. The van der Waals surface area contributed by atoms with Gasteiger partial charge in [0.25, 0.3) is 0 Å². The lowest BCUT2D eigenvalue weighted by Gasteiger charge is -2.13. The molecule has 1 aromatic rings. The number of nitrogens with one attached hydrogen (secondary N) is 1. The maximum atomic E-state index is 11.6. The number of carbonyl (C=O) groups excluding carboxylic acids is 1. The number of hydrogen-bond acceptors (Lipinski definition) is 3. The number of amides is 2. The van der Waals surface area contributed by atoms with Gasteiger partial charge < -0.3 is 16.0 Å². The highest BCUT2D eigenvalue weighted by molar-refractivity contribution is 9.11. The third-order valence-corrected chi connectivity index (χ3v) is 4.29. The minimum absolute atomic E-state index is 0.0166. The maximum absolute atomic E-state index is 11.6. The molecule has 2 rings (SSSR count). The number of nitrogens with two attached hydrogens (primary N) is 1. The summed E-state index contributed by atoms with van der Waals surface area (Å²) in [4.78, 5) is 14.7. The smallest absolute Gasteiger partial charge is 0.318 e. The number of thiophene rings is 1. The van der Waals surface area contributed by atoms with E-state index in [1.807, 2.05) is 17.0 Å². The van der Waals surface area contributed by atoms with Crippen molar-refractivity contribution in [1.29, 1.82) is 0 Å².